The topological polar surface area (TPSA) is 78.4 Å². The summed E-state index contributed by atoms with van der Waals surface area (Å²) in [6.07, 6.45) is 5.49. The Morgan fingerprint density at radius 1 is 1.32 bits per heavy atom. The first kappa shape index (κ1) is 14.2. The number of rotatable bonds is 5. The van der Waals surface area contributed by atoms with Gasteiger partial charge in [-0.25, -0.2) is 9.59 Å². The Labute approximate surface area is 114 Å². The third-order valence-corrected chi connectivity index (χ3v) is 4.82. The second-order valence-electron chi connectivity index (χ2n) is 6.10. The van der Waals surface area contributed by atoms with E-state index in [-0.39, 0.29) is 18.0 Å². The van der Waals surface area contributed by atoms with Crippen molar-refractivity contribution in [2.45, 2.75) is 58.0 Å². The standard InChI is InChI=1S/C14H24N2O3/c1-3-8(2)12(13(17)18)16-14(19)15-11-7-9-4-5-10(11)6-9/h8-12H,3-7H2,1-2H3,(H,17,18)(H2,15,16,19)/t8?,9?,10?,11?,12-/m0/s1. The average molecular weight is 268 g/mol. The zero-order valence-electron chi connectivity index (χ0n) is 11.7. The second-order valence-corrected chi connectivity index (χ2v) is 6.10. The number of aliphatic carboxylic acids is 1. The van der Waals surface area contributed by atoms with Crippen LogP contribution < -0.4 is 10.6 Å². The van der Waals surface area contributed by atoms with Gasteiger partial charge in [0.2, 0.25) is 0 Å². The molecule has 3 N–H and O–H groups in total. The van der Waals surface area contributed by atoms with Crippen LogP contribution in [-0.4, -0.2) is 29.2 Å². The molecule has 5 nitrogen and oxygen atoms in total. The van der Waals surface area contributed by atoms with E-state index in [9.17, 15) is 9.59 Å². The van der Waals surface area contributed by atoms with E-state index in [0.29, 0.717) is 5.92 Å². The largest absolute Gasteiger partial charge is 0.480 e. The Kier molecular flexibility index (Phi) is 4.32. The Bertz CT molecular complexity index is 359. The van der Waals surface area contributed by atoms with Crippen LogP contribution in [0, 0.1) is 17.8 Å². The predicted octanol–water partition coefficient (Wildman–Crippen LogP) is 1.97. The fourth-order valence-electron chi connectivity index (χ4n) is 3.46. The molecule has 108 valence electrons. The number of hydrogen-bond donors (Lipinski definition) is 3. The maximum absolute atomic E-state index is 11.9. The summed E-state index contributed by atoms with van der Waals surface area (Å²) in [7, 11) is 0. The van der Waals surface area contributed by atoms with E-state index in [2.05, 4.69) is 10.6 Å². The van der Waals surface area contributed by atoms with E-state index in [1.54, 1.807) is 0 Å². The van der Waals surface area contributed by atoms with Crippen molar-refractivity contribution in [2.75, 3.05) is 0 Å². The highest BCUT2D eigenvalue weighted by atomic mass is 16.4. The van der Waals surface area contributed by atoms with E-state index >= 15 is 0 Å². The van der Waals surface area contributed by atoms with Gasteiger partial charge < -0.3 is 15.7 Å². The first-order chi connectivity index (χ1) is 9.01. The summed E-state index contributed by atoms with van der Waals surface area (Å²) in [5.74, 6) is 0.337. The normalized spacial score (nSPS) is 31.8. The lowest BCUT2D eigenvalue weighted by Crippen LogP contribution is -2.52. The van der Waals surface area contributed by atoms with Crippen LogP contribution in [0.25, 0.3) is 0 Å². The monoisotopic (exact) mass is 268 g/mol. The van der Waals surface area contributed by atoms with Crippen molar-refractivity contribution in [3.63, 3.8) is 0 Å². The van der Waals surface area contributed by atoms with Gasteiger partial charge in [-0.1, -0.05) is 26.7 Å². The van der Waals surface area contributed by atoms with Crippen LogP contribution in [0.5, 0.6) is 0 Å². The Morgan fingerprint density at radius 3 is 2.53 bits per heavy atom. The summed E-state index contributed by atoms with van der Waals surface area (Å²) in [5.41, 5.74) is 0. The Balaban J connectivity index is 1.84. The molecule has 0 radical (unpaired) electrons. The molecule has 0 aliphatic heterocycles. The maximum atomic E-state index is 11.9. The molecule has 2 bridgehead atoms. The van der Waals surface area contributed by atoms with Gasteiger partial charge in [0.05, 0.1) is 0 Å². The van der Waals surface area contributed by atoms with Gasteiger partial charge in [-0.2, -0.15) is 0 Å². The van der Waals surface area contributed by atoms with Crippen molar-refractivity contribution in [1.82, 2.24) is 10.6 Å². The molecule has 0 saturated heterocycles. The molecule has 2 rings (SSSR count). The maximum Gasteiger partial charge on any atom is 0.326 e. The number of carboxylic acids is 1. The summed E-state index contributed by atoms with van der Waals surface area (Å²) in [6.45, 7) is 3.77. The minimum Gasteiger partial charge on any atom is -0.480 e. The fraction of sp³-hybridized carbons (Fsp3) is 0.857. The first-order valence-corrected chi connectivity index (χ1v) is 7.31. The van der Waals surface area contributed by atoms with Crippen LogP contribution in [0.1, 0.15) is 46.0 Å². The van der Waals surface area contributed by atoms with E-state index in [0.717, 1.165) is 18.8 Å². The fourth-order valence-corrected chi connectivity index (χ4v) is 3.46. The van der Waals surface area contributed by atoms with E-state index in [4.69, 9.17) is 5.11 Å². The molecule has 0 heterocycles. The van der Waals surface area contributed by atoms with Crippen molar-refractivity contribution >= 4 is 12.0 Å². The lowest BCUT2D eigenvalue weighted by Gasteiger charge is -2.25. The van der Waals surface area contributed by atoms with Crippen LogP contribution in [0.4, 0.5) is 4.79 Å². The Hall–Kier alpha value is -1.26. The molecule has 2 aliphatic rings. The molecule has 0 spiro atoms. The first-order valence-electron chi connectivity index (χ1n) is 7.31. The molecular weight excluding hydrogens is 244 g/mol. The lowest BCUT2D eigenvalue weighted by molar-refractivity contribution is -0.140. The van der Waals surface area contributed by atoms with Crippen molar-refractivity contribution in [3.8, 4) is 0 Å². The van der Waals surface area contributed by atoms with Gasteiger partial charge in [0.25, 0.3) is 0 Å². The third-order valence-electron chi connectivity index (χ3n) is 4.82. The highest BCUT2D eigenvalue weighted by Crippen LogP contribution is 2.44. The summed E-state index contributed by atoms with van der Waals surface area (Å²) in [6, 6.07) is -0.890. The average Bonchev–Trinajstić information content (AvgIpc) is 2.96. The summed E-state index contributed by atoms with van der Waals surface area (Å²) in [5, 5.41) is 14.7. The lowest BCUT2D eigenvalue weighted by atomic mass is 9.95. The Morgan fingerprint density at radius 2 is 2.05 bits per heavy atom. The van der Waals surface area contributed by atoms with Crippen molar-refractivity contribution in [2.24, 2.45) is 17.8 Å². The molecule has 5 atom stereocenters. The van der Waals surface area contributed by atoms with Gasteiger partial charge in [0.1, 0.15) is 6.04 Å². The molecular formula is C14H24N2O3. The molecule has 2 aliphatic carbocycles. The van der Waals surface area contributed by atoms with Gasteiger partial charge in [-0.15, -0.1) is 0 Å². The molecule has 2 amide bonds. The molecule has 4 unspecified atom stereocenters. The molecule has 2 fully saturated rings. The number of fused-ring (bicyclic) bond motifs is 2. The van der Waals surface area contributed by atoms with Gasteiger partial charge in [0.15, 0.2) is 0 Å². The molecule has 0 aromatic rings. The SMILES string of the molecule is CCC(C)[C@H](NC(=O)NC1CC2CCC1C2)C(=O)O. The van der Waals surface area contributed by atoms with E-state index in [1.165, 1.54) is 19.3 Å². The van der Waals surface area contributed by atoms with E-state index < -0.39 is 12.0 Å². The van der Waals surface area contributed by atoms with Crippen LogP contribution in [-0.2, 0) is 4.79 Å². The molecule has 2 saturated carbocycles. The zero-order chi connectivity index (χ0) is 14.0. The smallest absolute Gasteiger partial charge is 0.326 e. The van der Waals surface area contributed by atoms with Crippen LogP contribution >= 0.6 is 0 Å². The predicted molar refractivity (Wildman–Crippen MR) is 71.8 cm³/mol. The van der Waals surface area contributed by atoms with Gasteiger partial charge >= 0.3 is 12.0 Å². The summed E-state index contributed by atoms with van der Waals surface area (Å²) < 4.78 is 0. The minimum atomic E-state index is -0.961. The van der Waals surface area contributed by atoms with Crippen molar-refractivity contribution < 1.29 is 14.7 Å². The number of hydrogen-bond acceptors (Lipinski definition) is 2. The molecule has 0 aromatic heterocycles. The van der Waals surface area contributed by atoms with Gasteiger partial charge in [-0.05, 0) is 37.0 Å². The third kappa shape index (κ3) is 3.19. The van der Waals surface area contributed by atoms with Gasteiger partial charge in [0, 0.05) is 6.04 Å². The molecule has 0 aromatic carbocycles. The number of nitrogens with one attached hydrogen (secondary N) is 2. The molecule has 19 heavy (non-hydrogen) atoms. The number of amides is 2. The van der Waals surface area contributed by atoms with Gasteiger partial charge in [-0.3, -0.25) is 0 Å². The van der Waals surface area contributed by atoms with E-state index in [1.807, 2.05) is 13.8 Å². The summed E-state index contributed by atoms with van der Waals surface area (Å²) in [4.78, 5) is 23.1. The van der Waals surface area contributed by atoms with Crippen LogP contribution in [0.15, 0.2) is 0 Å². The van der Waals surface area contributed by atoms with Crippen molar-refractivity contribution in [3.05, 3.63) is 0 Å². The highest BCUT2D eigenvalue weighted by molar-refractivity contribution is 5.82. The highest BCUT2D eigenvalue weighted by Gasteiger charge is 2.40. The summed E-state index contributed by atoms with van der Waals surface area (Å²) >= 11 is 0. The number of carbonyl (C=O) groups excluding carboxylic acids is 1. The zero-order valence-corrected chi connectivity index (χ0v) is 11.7. The minimum absolute atomic E-state index is 0.0664. The number of carboxylic acid groups (broad SMARTS) is 1. The second kappa shape index (κ2) is 5.80. The van der Waals surface area contributed by atoms with Crippen LogP contribution in [0.2, 0.25) is 0 Å². The van der Waals surface area contributed by atoms with Crippen LogP contribution in [0.3, 0.4) is 0 Å². The quantitative estimate of drug-likeness (QED) is 0.713. The van der Waals surface area contributed by atoms with Crippen molar-refractivity contribution in [1.29, 1.82) is 0 Å². The number of carbonyl (C=O) groups is 2. The number of urea groups is 1. The molecule has 5 heteroatoms.